The first-order valence-electron chi connectivity index (χ1n) is 3.86. The summed E-state index contributed by atoms with van der Waals surface area (Å²) in [4.78, 5) is 25.9. The third kappa shape index (κ3) is 7.69. The molecule has 0 saturated heterocycles. The summed E-state index contributed by atoms with van der Waals surface area (Å²) in [5.41, 5.74) is 1.06. The largest absolute Gasteiger partial charge is 1.00 e. The number of rotatable bonds is 0. The van der Waals surface area contributed by atoms with Gasteiger partial charge in [-0.15, -0.1) is 0 Å². The van der Waals surface area contributed by atoms with Gasteiger partial charge in [-0.3, -0.25) is 4.98 Å². The number of aromatic nitrogens is 1. The van der Waals surface area contributed by atoms with Gasteiger partial charge in [0.05, 0.1) is 5.52 Å². The van der Waals surface area contributed by atoms with E-state index in [0.29, 0.717) is 0 Å². The Morgan fingerprint density at radius 1 is 1.00 bits per heavy atom. The molecule has 0 fully saturated rings. The standard InChI is InChI=1S/C9H7N.Cu.Na.H3O3P.H/c1-2-6-9-8(4-1)5-3-7-10-9;;;1-4(2)3;/h1-7H;;;1-3H;/q;;+1;;-1. The van der Waals surface area contributed by atoms with Crippen LogP contribution in [0.2, 0.25) is 0 Å². The molecule has 0 amide bonds. The van der Waals surface area contributed by atoms with E-state index < -0.39 is 8.60 Å². The van der Waals surface area contributed by atoms with Crippen molar-refractivity contribution in [3.8, 4) is 0 Å². The molecule has 2 rings (SSSR count). The number of benzene rings is 1. The predicted octanol–water partition coefficient (Wildman–Crippen LogP) is -1.46. The quantitative estimate of drug-likeness (QED) is 0.410. The minimum absolute atomic E-state index is 0. The SMILES string of the molecule is OP(O)O.[Cu].[H-].[Na+].c1ccc2ncccc2c1. The molecule has 3 N–H and O–H groups in total. The van der Waals surface area contributed by atoms with Gasteiger partial charge in [-0.2, -0.15) is 0 Å². The van der Waals surface area contributed by atoms with Crippen LogP contribution in [-0.2, 0) is 17.1 Å². The van der Waals surface area contributed by atoms with E-state index in [1.807, 2.05) is 30.5 Å². The first-order valence-corrected chi connectivity index (χ1v) is 5.06. The van der Waals surface area contributed by atoms with Gasteiger partial charge in [0.25, 0.3) is 0 Å². The second kappa shape index (κ2) is 10.6. The minimum Gasteiger partial charge on any atom is -1.00 e. The van der Waals surface area contributed by atoms with E-state index >= 15 is 0 Å². The zero-order valence-corrected chi connectivity index (χ0v) is 12.4. The van der Waals surface area contributed by atoms with Crippen molar-refractivity contribution >= 4 is 19.5 Å². The monoisotopic (exact) mass is 298 g/mol. The Morgan fingerprint density at radius 2 is 1.50 bits per heavy atom. The summed E-state index contributed by atoms with van der Waals surface area (Å²) in [5.74, 6) is 0. The van der Waals surface area contributed by atoms with Crippen LogP contribution in [0.3, 0.4) is 0 Å². The molecule has 1 heterocycles. The normalized spacial score (nSPS) is 8.50. The van der Waals surface area contributed by atoms with Crippen molar-refractivity contribution in [3.63, 3.8) is 0 Å². The summed E-state index contributed by atoms with van der Waals surface area (Å²) in [7, 11) is -2.62. The Hall–Kier alpha value is 0.459. The van der Waals surface area contributed by atoms with Crippen LogP contribution in [0.5, 0.6) is 0 Å². The van der Waals surface area contributed by atoms with E-state index in [4.69, 9.17) is 14.7 Å². The zero-order valence-electron chi connectivity index (χ0n) is 9.58. The van der Waals surface area contributed by atoms with Crippen molar-refractivity contribution in [1.29, 1.82) is 0 Å². The Bertz CT molecular complexity index is 342. The first-order chi connectivity index (χ1) is 6.70. The third-order valence-corrected chi connectivity index (χ3v) is 1.51. The van der Waals surface area contributed by atoms with Crippen molar-refractivity contribution < 1.29 is 62.7 Å². The molecule has 0 atom stereocenters. The maximum atomic E-state index is 7.23. The number of pyridine rings is 1. The molecule has 1 radical (unpaired) electrons. The van der Waals surface area contributed by atoms with Crippen LogP contribution in [0.15, 0.2) is 42.6 Å². The summed E-state index contributed by atoms with van der Waals surface area (Å²) in [5, 5.41) is 1.20. The Balaban J connectivity index is -0.000000252. The minimum atomic E-state index is -2.62. The van der Waals surface area contributed by atoms with Crippen LogP contribution >= 0.6 is 8.60 Å². The Kier molecular flexibility index (Phi) is 12.5. The van der Waals surface area contributed by atoms with E-state index in [2.05, 4.69) is 17.1 Å². The van der Waals surface area contributed by atoms with Crippen LogP contribution < -0.4 is 29.6 Å². The first kappa shape index (κ1) is 18.8. The summed E-state index contributed by atoms with van der Waals surface area (Å²) < 4.78 is 0. The summed E-state index contributed by atoms with van der Waals surface area (Å²) in [6, 6.07) is 12.1. The predicted molar refractivity (Wildman–Crippen MR) is 56.4 cm³/mol. The van der Waals surface area contributed by atoms with Crippen LogP contribution in [0.1, 0.15) is 1.43 Å². The summed E-state index contributed by atoms with van der Waals surface area (Å²) >= 11 is 0. The maximum Gasteiger partial charge on any atom is 1.00 e. The average Bonchev–Trinajstić information content (AvgIpc) is 2.17. The molecule has 0 saturated carbocycles. The van der Waals surface area contributed by atoms with E-state index in [1.54, 1.807) is 0 Å². The van der Waals surface area contributed by atoms with Gasteiger partial charge in [0.15, 0.2) is 0 Å². The molecule has 0 unspecified atom stereocenters. The fourth-order valence-corrected chi connectivity index (χ4v) is 1.02. The van der Waals surface area contributed by atoms with Crippen molar-refractivity contribution in [2.75, 3.05) is 0 Å². The van der Waals surface area contributed by atoms with Gasteiger partial charge in [0.1, 0.15) is 0 Å². The van der Waals surface area contributed by atoms with Gasteiger partial charge in [0.2, 0.25) is 0 Å². The maximum absolute atomic E-state index is 7.23. The van der Waals surface area contributed by atoms with Gasteiger partial charge >= 0.3 is 38.2 Å². The molecule has 1 aromatic heterocycles. The van der Waals surface area contributed by atoms with Gasteiger partial charge in [-0.1, -0.05) is 24.3 Å². The van der Waals surface area contributed by atoms with E-state index in [1.165, 1.54) is 5.39 Å². The fourth-order valence-electron chi connectivity index (χ4n) is 1.02. The van der Waals surface area contributed by atoms with Gasteiger partial charge in [-0.25, -0.2) is 0 Å². The summed E-state index contributed by atoms with van der Waals surface area (Å²) in [6.07, 6.45) is 1.81. The fraction of sp³-hybridized carbons (Fsp3) is 0. The van der Waals surface area contributed by atoms with Gasteiger partial charge in [-0.05, 0) is 12.1 Å². The molecule has 4 nitrogen and oxygen atoms in total. The van der Waals surface area contributed by atoms with Crippen molar-refractivity contribution in [1.82, 2.24) is 4.98 Å². The van der Waals surface area contributed by atoms with E-state index in [-0.39, 0.29) is 48.1 Å². The summed E-state index contributed by atoms with van der Waals surface area (Å²) in [6.45, 7) is 0. The van der Waals surface area contributed by atoms with Crippen LogP contribution in [0.4, 0.5) is 0 Å². The molecule has 7 heteroatoms. The molecule has 1 aromatic carbocycles. The molecular formula is C9H11CuNNaO3P. The Morgan fingerprint density at radius 3 is 2.06 bits per heavy atom. The van der Waals surface area contributed by atoms with Crippen molar-refractivity contribution in [3.05, 3.63) is 42.6 Å². The van der Waals surface area contributed by atoms with Crippen LogP contribution in [0.25, 0.3) is 10.9 Å². The van der Waals surface area contributed by atoms with Gasteiger partial charge < -0.3 is 16.1 Å². The molecule has 87 valence electrons. The number of hydrogen-bond acceptors (Lipinski definition) is 4. The molecule has 2 aromatic rings. The van der Waals surface area contributed by atoms with Crippen LogP contribution in [-0.4, -0.2) is 19.7 Å². The number of hydrogen-bond donors (Lipinski definition) is 3. The topological polar surface area (TPSA) is 73.6 Å². The van der Waals surface area contributed by atoms with E-state index in [0.717, 1.165) is 5.52 Å². The van der Waals surface area contributed by atoms with Crippen molar-refractivity contribution in [2.24, 2.45) is 0 Å². The second-order valence-corrected chi connectivity index (χ2v) is 3.00. The molecular weight excluding hydrogens is 288 g/mol. The average molecular weight is 299 g/mol. The smallest absolute Gasteiger partial charge is 1.00 e. The molecule has 16 heavy (non-hydrogen) atoms. The molecule has 0 bridgehead atoms. The number of para-hydroxylation sites is 1. The second-order valence-electron chi connectivity index (χ2n) is 2.46. The van der Waals surface area contributed by atoms with Crippen molar-refractivity contribution in [2.45, 2.75) is 0 Å². The number of nitrogens with zero attached hydrogens (tertiary/aromatic N) is 1. The van der Waals surface area contributed by atoms with Gasteiger partial charge in [0, 0.05) is 28.7 Å². The molecule has 0 spiro atoms. The molecule has 0 aliphatic carbocycles. The zero-order chi connectivity index (χ0) is 10.4. The number of fused-ring (bicyclic) bond motifs is 1. The third-order valence-electron chi connectivity index (χ3n) is 1.51. The molecule has 0 aliphatic heterocycles. The van der Waals surface area contributed by atoms with Crippen LogP contribution in [0, 0.1) is 0 Å². The van der Waals surface area contributed by atoms with E-state index in [9.17, 15) is 0 Å². The molecule has 0 aliphatic rings. The Labute approximate surface area is 129 Å².